The molecule has 0 aliphatic rings. The van der Waals surface area contributed by atoms with Crippen molar-refractivity contribution in [3.63, 3.8) is 0 Å². The fraction of sp³-hybridized carbons (Fsp3) is 0.385. The molecule has 0 spiro atoms. The van der Waals surface area contributed by atoms with E-state index in [4.69, 9.17) is 5.11 Å². The number of nitrogens with one attached hydrogen (secondary N) is 1. The van der Waals surface area contributed by atoms with Gasteiger partial charge in [-0.1, -0.05) is 18.2 Å². The van der Waals surface area contributed by atoms with Crippen LogP contribution in [-0.2, 0) is 9.59 Å². The smallest absolute Gasteiger partial charge is 0.387 e. The molecule has 1 aromatic rings. The first-order chi connectivity index (χ1) is 9.40. The molecule has 20 heavy (non-hydrogen) atoms. The lowest BCUT2D eigenvalue weighted by atomic mass is 10.1. The van der Waals surface area contributed by atoms with E-state index in [0.717, 1.165) is 0 Å². The van der Waals surface area contributed by atoms with E-state index in [2.05, 4.69) is 10.1 Å². The van der Waals surface area contributed by atoms with Crippen molar-refractivity contribution in [2.45, 2.75) is 32.4 Å². The fourth-order valence-electron chi connectivity index (χ4n) is 1.65. The van der Waals surface area contributed by atoms with Crippen LogP contribution in [0.2, 0.25) is 0 Å². The fourth-order valence-corrected chi connectivity index (χ4v) is 1.65. The van der Waals surface area contributed by atoms with Crippen molar-refractivity contribution in [3.05, 3.63) is 29.8 Å². The van der Waals surface area contributed by atoms with Gasteiger partial charge in [0.1, 0.15) is 5.75 Å². The Balaban J connectivity index is 2.69. The van der Waals surface area contributed by atoms with Gasteiger partial charge >= 0.3 is 12.6 Å². The molecule has 0 fully saturated rings. The molecule has 1 rings (SSSR count). The summed E-state index contributed by atoms with van der Waals surface area (Å²) in [5.74, 6) is -1.56. The Hall–Kier alpha value is -2.18. The minimum absolute atomic E-state index is 0.0199. The summed E-state index contributed by atoms with van der Waals surface area (Å²) in [6.45, 7) is -1.35. The molecule has 110 valence electrons. The molecule has 0 radical (unpaired) electrons. The number of carbonyl (C=O) groups is 2. The molecule has 0 bridgehead atoms. The first kappa shape index (κ1) is 15.9. The number of para-hydroxylation sites is 1. The molecular formula is C13H15F2NO4. The number of amides is 1. The van der Waals surface area contributed by atoms with Gasteiger partial charge in [0.2, 0.25) is 5.91 Å². The third-order valence-electron chi connectivity index (χ3n) is 2.54. The highest BCUT2D eigenvalue weighted by Crippen LogP contribution is 2.26. The van der Waals surface area contributed by atoms with Gasteiger partial charge in [-0.05, 0) is 13.0 Å². The summed E-state index contributed by atoms with van der Waals surface area (Å²) in [4.78, 5) is 21.9. The van der Waals surface area contributed by atoms with Gasteiger partial charge in [-0.3, -0.25) is 9.59 Å². The average molecular weight is 287 g/mol. The van der Waals surface area contributed by atoms with E-state index in [0.29, 0.717) is 5.56 Å². The van der Waals surface area contributed by atoms with E-state index < -0.39 is 24.5 Å². The number of carbonyl (C=O) groups excluding carboxylic acids is 1. The van der Waals surface area contributed by atoms with E-state index in [9.17, 15) is 18.4 Å². The lowest BCUT2D eigenvalue weighted by Crippen LogP contribution is -2.27. The van der Waals surface area contributed by atoms with Crippen LogP contribution in [0.5, 0.6) is 5.75 Å². The van der Waals surface area contributed by atoms with E-state index in [-0.39, 0.29) is 18.6 Å². The number of rotatable bonds is 7. The Morgan fingerprint density at radius 3 is 2.55 bits per heavy atom. The number of halogens is 2. The van der Waals surface area contributed by atoms with Gasteiger partial charge in [-0.25, -0.2) is 0 Å². The Bertz CT molecular complexity index is 479. The van der Waals surface area contributed by atoms with Crippen LogP contribution >= 0.6 is 0 Å². The van der Waals surface area contributed by atoms with Gasteiger partial charge in [0.05, 0.1) is 12.5 Å². The molecule has 0 heterocycles. The lowest BCUT2D eigenvalue weighted by molar-refractivity contribution is -0.138. The quantitative estimate of drug-likeness (QED) is 0.807. The topological polar surface area (TPSA) is 75.6 Å². The number of carboxylic acids is 1. The molecule has 1 unspecified atom stereocenters. The van der Waals surface area contributed by atoms with E-state index >= 15 is 0 Å². The van der Waals surface area contributed by atoms with Crippen LogP contribution in [-0.4, -0.2) is 23.6 Å². The van der Waals surface area contributed by atoms with Crippen molar-refractivity contribution in [2.24, 2.45) is 0 Å². The zero-order valence-electron chi connectivity index (χ0n) is 10.8. The summed E-state index contributed by atoms with van der Waals surface area (Å²) >= 11 is 0. The highest BCUT2D eigenvalue weighted by Gasteiger charge is 2.16. The second kappa shape index (κ2) is 7.42. The van der Waals surface area contributed by atoms with Crippen LogP contribution in [0.25, 0.3) is 0 Å². The second-order valence-corrected chi connectivity index (χ2v) is 4.10. The average Bonchev–Trinajstić information content (AvgIpc) is 2.36. The Labute approximate surface area is 114 Å². The summed E-state index contributed by atoms with van der Waals surface area (Å²) in [6, 6.07) is 5.54. The van der Waals surface area contributed by atoms with Crippen molar-refractivity contribution < 1.29 is 28.2 Å². The van der Waals surface area contributed by atoms with Crippen LogP contribution in [0.1, 0.15) is 31.4 Å². The first-order valence-electron chi connectivity index (χ1n) is 5.95. The molecule has 1 amide bonds. The number of alkyl halides is 2. The lowest BCUT2D eigenvalue weighted by Gasteiger charge is -2.17. The molecule has 0 saturated heterocycles. The monoisotopic (exact) mass is 287 g/mol. The van der Waals surface area contributed by atoms with Gasteiger partial charge < -0.3 is 15.2 Å². The highest BCUT2D eigenvalue weighted by molar-refractivity contribution is 5.80. The van der Waals surface area contributed by atoms with Crippen LogP contribution in [0.3, 0.4) is 0 Å². The Morgan fingerprint density at radius 2 is 1.95 bits per heavy atom. The van der Waals surface area contributed by atoms with Gasteiger partial charge in [0.15, 0.2) is 0 Å². The van der Waals surface area contributed by atoms with Crippen molar-refractivity contribution in [2.75, 3.05) is 0 Å². The molecule has 0 aliphatic carbocycles. The summed E-state index contributed by atoms with van der Waals surface area (Å²) in [5, 5.41) is 11.0. The number of hydrogen-bond acceptors (Lipinski definition) is 3. The molecule has 0 aromatic heterocycles. The molecule has 1 aromatic carbocycles. The summed E-state index contributed by atoms with van der Waals surface area (Å²) < 4.78 is 28.9. The maximum atomic E-state index is 12.3. The third kappa shape index (κ3) is 5.21. The second-order valence-electron chi connectivity index (χ2n) is 4.10. The molecule has 0 aliphatic heterocycles. The van der Waals surface area contributed by atoms with Gasteiger partial charge in [-0.15, -0.1) is 0 Å². The Morgan fingerprint density at radius 1 is 1.30 bits per heavy atom. The largest absolute Gasteiger partial charge is 0.481 e. The molecule has 1 atom stereocenters. The molecule has 2 N–H and O–H groups in total. The molecular weight excluding hydrogens is 272 g/mol. The Kier molecular flexibility index (Phi) is 5.89. The van der Waals surface area contributed by atoms with Gasteiger partial charge in [0.25, 0.3) is 0 Å². The first-order valence-corrected chi connectivity index (χ1v) is 5.95. The van der Waals surface area contributed by atoms with Crippen molar-refractivity contribution in [1.82, 2.24) is 5.32 Å². The number of hydrogen-bond donors (Lipinski definition) is 2. The highest BCUT2D eigenvalue weighted by atomic mass is 19.3. The minimum atomic E-state index is -2.95. The zero-order chi connectivity index (χ0) is 15.1. The summed E-state index contributed by atoms with van der Waals surface area (Å²) in [7, 11) is 0. The maximum absolute atomic E-state index is 12.3. The molecule has 0 saturated carbocycles. The molecule has 5 nitrogen and oxygen atoms in total. The normalized spacial score (nSPS) is 12.0. The van der Waals surface area contributed by atoms with E-state index in [1.807, 2.05) is 0 Å². The molecule has 7 heteroatoms. The summed E-state index contributed by atoms with van der Waals surface area (Å²) in [6.07, 6.45) is -0.453. The predicted molar refractivity (Wildman–Crippen MR) is 66.5 cm³/mol. The van der Waals surface area contributed by atoms with E-state index in [1.54, 1.807) is 25.1 Å². The number of benzene rings is 1. The van der Waals surface area contributed by atoms with Crippen LogP contribution < -0.4 is 10.1 Å². The van der Waals surface area contributed by atoms with Crippen LogP contribution in [0.4, 0.5) is 8.78 Å². The van der Waals surface area contributed by atoms with E-state index in [1.165, 1.54) is 6.07 Å². The van der Waals surface area contributed by atoms with Crippen molar-refractivity contribution in [1.29, 1.82) is 0 Å². The standard InChI is InChI=1S/C13H15F2NO4/c1-8(16-11(17)6-7-12(18)19)9-4-2-3-5-10(9)20-13(14)15/h2-5,8,13H,6-7H2,1H3,(H,16,17)(H,18,19). The van der Waals surface area contributed by atoms with Crippen molar-refractivity contribution >= 4 is 11.9 Å². The van der Waals surface area contributed by atoms with Gasteiger partial charge in [-0.2, -0.15) is 8.78 Å². The van der Waals surface area contributed by atoms with Crippen LogP contribution in [0.15, 0.2) is 24.3 Å². The summed E-state index contributed by atoms with van der Waals surface area (Å²) in [5.41, 5.74) is 0.400. The van der Waals surface area contributed by atoms with Crippen LogP contribution in [0, 0.1) is 0 Å². The maximum Gasteiger partial charge on any atom is 0.387 e. The van der Waals surface area contributed by atoms with Crippen molar-refractivity contribution in [3.8, 4) is 5.75 Å². The van der Waals surface area contributed by atoms with Gasteiger partial charge in [0, 0.05) is 12.0 Å². The predicted octanol–water partition coefficient (Wildman–Crippen LogP) is 2.33. The SMILES string of the molecule is CC(NC(=O)CCC(=O)O)c1ccccc1OC(F)F. The minimum Gasteiger partial charge on any atom is -0.481 e. The number of carboxylic acid groups (broad SMARTS) is 1. The third-order valence-corrected chi connectivity index (χ3v) is 2.54. The number of aliphatic carboxylic acids is 1. The number of ether oxygens (including phenoxy) is 1. The zero-order valence-corrected chi connectivity index (χ0v) is 10.8.